The van der Waals surface area contributed by atoms with Crippen LogP contribution in [0.2, 0.25) is 0 Å². The third-order valence-electron chi connectivity index (χ3n) is 4.54. The van der Waals surface area contributed by atoms with E-state index in [2.05, 4.69) is 10.3 Å². The van der Waals surface area contributed by atoms with Crippen molar-refractivity contribution < 1.29 is 13.9 Å². The summed E-state index contributed by atoms with van der Waals surface area (Å²) in [5.74, 6) is 0.963. The van der Waals surface area contributed by atoms with Gasteiger partial charge in [-0.05, 0) is 43.2 Å². The number of carbonyl (C=O) groups is 1. The van der Waals surface area contributed by atoms with Gasteiger partial charge in [-0.15, -0.1) is 0 Å². The fourth-order valence-electron chi connectivity index (χ4n) is 3.06. The van der Waals surface area contributed by atoms with E-state index < -0.39 is 6.04 Å². The van der Waals surface area contributed by atoms with Crippen molar-refractivity contribution in [3.05, 3.63) is 83.2 Å². The number of benzene rings is 2. The lowest BCUT2D eigenvalue weighted by Gasteiger charge is -2.19. The normalized spacial score (nSPS) is 11.9. The molecule has 0 bridgehead atoms. The molecule has 0 spiro atoms. The lowest BCUT2D eigenvalue weighted by atomic mass is 10.1. The number of halogens is 1. The van der Waals surface area contributed by atoms with E-state index in [0.29, 0.717) is 5.82 Å². The van der Waals surface area contributed by atoms with Crippen LogP contribution >= 0.6 is 0 Å². The van der Waals surface area contributed by atoms with E-state index >= 15 is 0 Å². The first kappa shape index (κ1) is 19.6. The summed E-state index contributed by atoms with van der Waals surface area (Å²) < 4.78 is 20.9. The second-order valence-corrected chi connectivity index (χ2v) is 6.82. The molecule has 1 aromatic heterocycles. The summed E-state index contributed by atoms with van der Waals surface area (Å²) in [7, 11) is 1.86. The maximum atomic E-state index is 13.3. The maximum Gasteiger partial charge on any atom is 0.224 e. The van der Waals surface area contributed by atoms with Gasteiger partial charge >= 0.3 is 0 Å². The standard InChI is InChI=1S/C22H24FN3O2/c1-15-4-9-19(16(2)14-15)28-13-10-20(27)25-21(22-24-11-12-26(22)3)17-5-7-18(23)8-6-17/h4-9,11-12,14,21H,10,13H2,1-3H3,(H,25,27). The second kappa shape index (κ2) is 8.69. The van der Waals surface area contributed by atoms with Gasteiger partial charge in [0.1, 0.15) is 23.4 Å². The minimum Gasteiger partial charge on any atom is -0.493 e. The van der Waals surface area contributed by atoms with E-state index in [4.69, 9.17) is 4.74 Å². The van der Waals surface area contributed by atoms with Gasteiger partial charge in [-0.3, -0.25) is 4.79 Å². The predicted octanol–water partition coefficient (Wildman–Crippen LogP) is 3.85. The van der Waals surface area contributed by atoms with Gasteiger partial charge in [0, 0.05) is 19.4 Å². The summed E-state index contributed by atoms with van der Waals surface area (Å²) in [5.41, 5.74) is 2.97. The molecule has 3 aromatic rings. The van der Waals surface area contributed by atoms with Crippen LogP contribution in [-0.2, 0) is 11.8 Å². The zero-order valence-corrected chi connectivity index (χ0v) is 16.3. The summed E-state index contributed by atoms with van der Waals surface area (Å²) in [6, 6.07) is 11.5. The summed E-state index contributed by atoms with van der Waals surface area (Å²) in [4.78, 5) is 16.9. The Balaban J connectivity index is 1.66. The molecule has 0 saturated carbocycles. The summed E-state index contributed by atoms with van der Waals surface area (Å²) >= 11 is 0. The summed E-state index contributed by atoms with van der Waals surface area (Å²) in [5, 5.41) is 2.98. The second-order valence-electron chi connectivity index (χ2n) is 6.82. The number of hydrogen-bond acceptors (Lipinski definition) is 3. The Morgan fingerprint density at radius 1 is 1.21 bits per heavy atom. The van der Waals surface area contributed by atoms with Gasteiger partial charge in [0.2, 0.25) is 5.91 Å². The number of rotatable bonds is 7. The number of aromatic nitrogens is 2. The van der Waals surface area contributed by atoms with E-state index in [1.807, 2.05) is 43.7 Å². The smallest absolute Gasteiger partial charge is 0.224 e. The Kier molecular flexibility index (Phi) is 6.09. The molecule has 0 aliphatic heterocycles. The fourth-order valence-corrected chi connectivity index (χ4v) is 3.06. The SMILES string of the molecule is Cc1ccc(OCCC(=O)NC(c2ccc(F)cc2)c2nccn2C)c(C)c1. The highest BCUT2D eigenvalue weighted by molar-refractivity contribution is 5.77. The molecule has 0 fully saturated rings. The van der Waals surface area contributed by atoms with E-state index in [1.165, 1.54) is 17.7 Å². The van der Waals surface area contributed by atoms with E-state index in [0.717, 1.165) is 16.9 Å². The highest BCUT2D eigenvalue weighted by Gasteiger charge is 2.20. The van der Waals surface area contributed by atoms with E-state index in [9.17, 15) is 9.18 Å². The molecule has 1 N–H and O–H groups in total. The molecule has 5 nitrogen and oxygen atoms in total. The van der Waals surface area contributed by atoms with Gasteiger partial charge in [-0.2, -0.15) is 0 Å². The van der Waals surface area contributed by atoms with Gasteiger partial charge in [-0.25, -0.2) is 9.37 Å². The first-order valence-electron chi connectivity index (χ1n) is 9.16. The van der Waals surface area contributed by atoms with Crippen LogP contribution in [0.5, 0.6) is 5.75 Å². The minimum atomic E-state index is -0.464. The van der Waals surface area contributed by atoms with Crippen molar-refractivity contribution in [3.8, 4) is 5.75 Å². The molecule has 1 heterocycles. The number of aryl methyl sites for hydroxylation is 3. The monoisotopic (exact) mass is 381 g/mol. The molecule has 3 rings (SSSR count). The zero-order chi connectivity index (χ0) is 20.1. The lowest BCUT2D eigenvalue weighted by Crippen LogP contribution is -2.32. The molecule has 146 valence electrons. The highest BCUT2D eigenvalue weighted by atomic mass is 19.1. The number of ether oxygens (including phenoxy) is 1. The van der Waals surface area contributed by atoms with Crippen LogP contribution in [0.25, 0.3) is 0 Å². The molecule has 2 aromatic carbocycles. The number of nitrogens with one attached hydrogen (secondary N) is 1. The van der Waals surface area contributed by atoms with Crippen LogP contribution in [0.4, 0.5) is 4.39 Å². The minimum absolute atomic E-state index is 0.165. The van der Waals surface area contributed by atoms with Gasteiger partial charge in [0.15, 0.2) is 0 Å². The topological polar surface area (TPSA) is 56.1 Å². The highest BCUT2D eigenvalue weighted by Crippen LogP contribution is 2.22. The molecule has 28 heavy (non-hydrogen) atoms. The van der Waals surface area contributed by atoms with Crippen molar-refractivity contribution in [1.29, 1.82) is 0 Å². The first-order valence-corrected chi connectivity index (χ1v) is 9.16. The van der Waals surface area contributed by atoms with Crippen LogP contribution < -0.4 is 10.1 Å². The van der Waals surface area contributed by atoms with E-state index in [1.54, 1.807) is 24.5 Å². The Morgan fingerprint density at radius 3 is 2.61 bits per heavy atom. The number of amides is 1. The Labute approximate surface area is 164 Å². The molecule has 1 unspecified atom stereocenters. The van der Waals surface area contributed by atoms with Crippen LogP contribution in [-0.4, -0.2) is 22.1 Å². The summed E-state index contributed by atoms with van der Waals surface area (Å²) in [6.07, 6.45) is 3.68. The van der Waals surface area contributed by atoms with Crippen molar-refractivity contribution in [2.24, 2.45) is 7.05 Å². The quantitative estimate of drug-likeness (QED) is 0.676. The van der Waals surface area contributed by atoms with Gasteiger partial charge in [-0.1, -0.05) is 29.8 Å². The molecule has 0 saturated heterocycles. The van der Waals surface area contributed by atoms with Crippen LogP contribution in [0.1, 0.15) is 35.0 Å². The average molecular weight is 381 g/mol. The molecular formula is C22H24FN3O2. The largest absolute Gasteiger partial charge is 0.493 e. The third kappa shape index (κ3) is 4.76. The lowest BCUT2D eigenvalue weighted by molar-refractivity contribution is -0.122. The number of imidazole rings is 1. The molecular weight excluding hydrogens is 357 g/mol. The number of carbonyl (C=O) groups excluding carboxylic acids is 1. The molecule has 6 heteroatoms. The molecule has 1 amide bonds. The predicted molar refractivity (Wildman–Crippen MR) is 106 cm³/mol. The van der Waals surface area contributed by atoms with Crippen molar-refractivity contribution in [1.82, 2.24) is 14.9 Å². The van der Waals surface area contributed by atoms with Gasteiger partial charge in [0.05, 0.1) is 13.0 Å². The Hall–Kier alpha value is -3.15. The molecule has 0 radical (unpaired) electrons. The third-order valence-corrected chi connectivity index (χ3v) is 4.54. The fraction of sp³-hybridized carbons (Fsp3) is 0.273. The zero-order valence-electron chi connectivity index (χ0n) is 16.3. The van der Waals surface area contributed by atoms with E-state index in [-0.39, 0.29) is 24.8 Å². The number of hydrogen-bond donors (Lipinski definition) is 1. The van der Waals surface area contributed by atoms with Crippen molar-refractivity contribution in [2.75, 3.05) is 6.61 Å². The van der Waals surface area contributed by atoms with Gasteiger partial charge < -0.3 is 14.6 Å². The maximum absolute atomic E-state index is 13.3. The van der Waals surface area contributed by atoms with Crippen LogP contribution in [0, 0.1) is 19.7 Å². The Bertz CT molecular complexity index is 951. The van der Waals surface area contributed by atoms with Crippen molar-refractivity contribution >= 4 is 5.91 Å². The van der Waals surface area contributed by atoms with Crippen molar-refractivity contribution in [3.63, 3.8) is 0 Å². The first-order chi connectivity index (χ1) is 13.4. The van der Waals surface area contributed by atoms with Crippen LogP contribution in [0.15, 0.2) is 54.9 Å². The number of nitrogens with zero attached hydrogens (tertiary/aromatic N) is 2. The molecule has 0 aliphatic carbocycles. The van der Waals surface area contributed by atoms with Gasteiger partial charge in [0.25, 0.3) is 0 Å². The summed E-state index contributed by atoms with van der Waals surface area (Å²) in [6.45, 7) is 4.28. The van der Waals surface area contributed by atoms with Crippen LogP contribution in [0.3, 0.4) is 0 Å². The van der Waals surface area contributed by atoms with Crippen molar-refractivity contribution in [2.45, 2.75) is 26.3 Å². The average Bonchev–Trinajstić information content (AvgIpc) is 3.08. The molecule has 0 aliphatic rings. The Morgan fingerprint density at radius 2 is 1.96 bits per heavy atom. The molecule has 1 atom stereocenters.